The van der Waals surface area contributed by atoms with Crippen LogP contribution in [0.3, 0.4) is 0 Å². The third-order valence-electron chi connectivity index (χ3n) is 5.10. The van der Waals surface area contributed by atoms with Gasteiger partial charge in [-0.3, -0.25) is 4.79 Å². The average molecular weight is 297 g/mol. The molecule has 2 atom stereocenters. The zero-order valence-electron chi connectivity index (χ0n) is 12.9. The Bertz CT molecular complexity index is 560. The number of para-hydroxylation sites is 1. The Morgan fingerprint density at radius 2 is 1.77 bits per heavy atom. The maximum atomic E-state index is 12.6. The molecule has 1 amide bonds. The molecule has 2 unspecified atom stereocenters. The fourth-order valence-corrected chi connectivity index (χ4v) is 3.93. The minimum absolute atomic E-state index is 0.154. The molecular formula is C19H23NO2. The van der Waals surface area contributed by atoms with E-state index in [4.69, 9.17) is 4.74 Å². The molecule has 2 saturated heterocycles. The zero-order chi connectivity index (χ0) is 14.9. The van der Waals surface area contributed by atoms with Crippen molar-refractivity contribution in [3.8, 4) is 5.75 Å². The molecule has 0 aromatic heterocycles. The first kappa shape index (κ1) is 13.9. The largest absolute Gasteiger partial charge is 0.484 e. The Labute approximate surface area is 132 Å². The Morgan fingerprint density at radius 1 is 1.09 bits per heavy atom. The fraction of sp³-hybridized carbons (Fsp3) is 0.526. The Balaban J connectivity index is 1.37. The summed E-state index contributed by atoms with van der Waals surface area (Å²) in [6.07, 6.45) is 9.72. The number of benzene rings is 1. The van der Waals surface area contributed by atoms with Gasteiger partial charge in [0.2, 0.25) is 0 Å². The number of amides is 1. The summed E-state index contributed by atoms with van der Waals surface area (Å²) in [6, 6.07) is 10.4. The summed E-state index contributed by atoms with van der Waals surface area (Å²) >= 11 is 0. The van der Waals surface area contributed by atoms with Gasteiger partial charge in [0.25, 0.3) is 5.91 Å². The van der Waals surface area contributed by atoms with E-state index >= 15 is 0 Å². The van der Waals surface area contributed by atoms with Crippen molar-refractivity contribution >= 4 is 5.91 Å². The van der Waals surface area contributed by atoms with Crippen molar-refractivity contribution in [1.29, 1.82) is 0 Å². The number of carbonyl (C=O) groups excluding carboxylic acids is 1. The standard InChI is InChI=1S/C19H23NO2/c21-19(13-22-18-4-2-1-3-5-18)20-16-8-9-17(20)12-15(11-16)10-14-6-7-14/h1-5,10,14,16-17H,6-9,11-13H2. The molecule has 1 aliphatic carbocycles. The van der Waals surface area contributed by atoms with Crippen molar-refractivity contribution < 1.29 is 9.53 Å². The maximum Gasteiger partial charge on any atom is 0.261 e. The SMILES string of the molecule is O=C(COc1ccccc1)N1C2CCC1CC(=CC1CC1)C2. The van der Waals surface area contributed by atoms with Crippen LogP contribution in [0.15, 0.2) is 42.0 Å². The van der Waals surface area contributed by atoms with Crippen molar-refractivity contribution in [3.63, 3.8) is 0 Å². The third kappa shape index (κ3) is 2.90. The number of ether oxygens (including phenoxy) is 1. The predicted molar refractivity (Wildman–Crippen MR) is 85.6 cm³/mol. The first-order chi connectivity index (χ1) is 10.8. The topological polar surface area (TPSA) is 29.5 Å². The van der Waals surface area contributed by atoms with Crippen LogP contribution in [0.1, 0.15) is 38.5 Å². The van der Waals surface area contributed by atoms with Gasteiger partial charge in [-0.1, -0.05) is 29.8 Å². The van der Waals surface area contributed by atoms with Crippen molar-refractivity contribution in [2.75, 3.05) is 6.61 Å². The number of allylic oxidation sites excluding steroid dienone is 1. The molecule has 2 heterocycles. The molecule has 1 aromatic carbocycles. The van der Waals surface area contributed by atoms with Gasteiger partial charge < -0.3 is 9.64 Å². The molecule has 3 aliphatic rings. The number of hydrogen-bond acceptors (Lipinski definition) is 2. The number of nitrogens with zero attached hydrogens (tertiary/aromatic N) is 1. The van der Waals surface area contributed by atoms with Crippen LogP contribution in [-0.2, 0) is 4.79 Å². The van der Waals surface area contributed by atoms with Crippen molar-refractivity contribution in [2.45, 2.75) is 50.6 Å². The monoisotopic (exact) mass is 297 g/mol. The summed E-state index contributed by atoms with van der Waals surface area (Å²) in [4.78, 5) is 14.7. The van der Waals surface area contributed by atoms with Crippen LogP contribution in [0.25, 0.3) is 0 Å². The van der Waals surface area contributed by atoms with Crippen molar-refractivity contribution in [1.82, 2.24) is 4.90 Å². The summed E-state index contributed by atoms with van der Waals surface area (Å²) < 4.78 is 5.64. The second kappa shape index (κ2) is 5.79. The molecule has 22 heavy (non-hydrogen) atoms. The van der Waals surface area contributed by atoms with Gasteiger partial charge in [0.1, 0.15) is 5.75 Å². The van der Waals surface area contributed by atoms with Gasteiger partial charge in [-0.05, 0) is 56.6 Å². The second-order valence-electron chi connectivity index (χ2n) is 6.86. The van der Waals surface area contributed by atoms with E-state index in [0.717, 1.165) is 37.4 Å². The van der Waals surface area contributed by atoms with E-state index < -0.39 is 0 Å². The van der Waals surface area contributed by atoms with E-state index in [1.165, 1.54) is 12.8 Å². The Kier molecular flexibility index (Phi) is 3.65. The first-order valence-electron chi connectivity index (χ1n) is 8.48. The molecule has 3 fully saturated rings. The summed E-state index contributed by atoms with van der Waals surface area (Å²) in [5, 5.41) is 0. The molecule has 2 bridgehead atoms. The van der Waals surface area contributed by atoms with Crippen LogP contribution < -0.4 is 4.74 Å². The highest BCUT2D eigenvalue weighted by Gasteiger charge is 2.41. The van der Waals surface area contributed by atoms with E-state index in [0.29, 0.717) is 12.1 Å². The number of fused-ring (bicyclic) bond motifs is 2. The number of piperidine rings is 1. The lowest BCUT2D eigenvalue weighted by atomic mass is 9.95. The molecule has 3 nitrogen and oxygen atoms in total. The minimum atomic E-state index is 0.154. The lowest BCUT2D eigenvalue weighted by Gasteiger charge is -2.36. The van der Waals surface area contributed by atoms with Gasteiger partial charge in [0.05, 0.1) is 0 Å². The highest BCUT2D eigenvalue weighted by atomic mass is 16.5. The number of carbonyl (C=O) groups is 1. The summed E-state index contributed by atoms with van der Waals surface area (Å²) in [7, 11) is 0. The van der Waals surface area contributed by atoms with Gasteiger partial charge in [-0.15, -0.1) is 0 Å². The lowest BCUT2D eigenvalue weighted by Crippen LogP contribution is -2.46. The van der Waals surface area contributed by atoms with Crippen LogP contribution in [0.4, 0.5) is 0 Å². The van der Waals surface area contributed by atoms with E-state index in [1.807, 2.05) is 30.3 Å². The summed E-state index contributed by atoms with van der Waals surface area (Å²) in [5.74, 6) is 1.77. The van der Waals surface area contributed by atoms with Crippen molar-refractivity contribution in [3.05, 3.63) is 42.0 Å². The van der Waals surface area contributed by atoms with Gasteiger partial charge >= 0.3 is 0 Å². The third-order valence-corrected chi connectivity index (χ3v) is 5.10. The quantitative estimate of drug-likeness (QED) is 0.795. The highest BCUT2D eigenvalue weighted by molar-refractivity contribution is 5.79. The van der Waals surface area contributed by atoms with E-state index in [1.54, 1.807) is 5.57 Å². The Hall–Kier alpha value is -1.77. The van der Waals surface area contributed by atoms with Crippen molar-refractivity contribution in [2.24, 2.45) is 5.92 Å². The van der Waals surface area contributed by atoms with Crippen LogP contribution in [0.2, 0.25) is 0 Å². The van der Waals surface area contributed by atoms with Gasteiger partial charge in [-0.2, -0.15) is 0 Å². The predicted octanol–water partition coefficient (Wildman–Crippen LogP) is 3.56. The van der Waals surface area contributed by atoms with E-state index in [2.05, 4.69) is 11.0 Å². The van der Waals surface area contributed by atoms with E-state index in [9.17, 15) is 4.79 Å². The van der Waals surface area contributed by atoms with Gasteiger partial charge in [0, 0.05) is 12.1 Å². The molecule has 0 spiro atoms. The fourth-order valence-electron chi connectivity index (χ4n) is 3.93. The molecule has 0 N–H and O–H groups in total. The van der Waals surface area contributed by atoms with Gasteiger partial charge in [0.15, 0.2) is 6.61 Å². The normalized spacial score (nSPS) is 26.9. The maximum absolute atomic E-state index is 12.6. The molecule has 3 heteroatoms. The molecule has 0 radical (unpaired) electrons. The molecular weight excluding hydrogens is 274 g/mol. The first-order valence-corrected chi connectivity index (χ1v) is 8.48. The number of rotatable bonds is 4. The summed E-state index contributed by atoms with van der Waals surface area (Å²) in [6.45, 7) is 0.165. The van der Waals surface area contributed by atoms with E-state index in [-0.39, 0.29) is 12.5 Å². The second-order valence-corrected chi connectivity index (χ2v) is 6.86. The lowest BCUT2D eigenvalue weighted by molar-refractivity contribution is -0.137. The van der Waals surface area contributed by atoms with Crippen LogP contribution >= 0.6 is 0 Å². The highest BCUT2D eigenvalue weighted by Crippen LogP contribution is 2.41. The number of hydrogen-bond donors (Lipinski definition) is 0. The smallest absolute Gasteiger partial charge is 0.261 e. The minimum Gasteiger partial charge on any atom is -0.484 e. The average Bonchev–Trinajstić information content (AvgIpc) is 3.30. The Morgan fingerprint density at radius 3 is 2.41 bits per heavy atom. The van der Waals surface area contributed by atoms with Gasteiger partial charge in [-0.25, -0.2) is 0 Å². The molecule has 2 aliphatic heterocycles. The molecule has 1 saturated carbocycles. The van der Waals surface area contributed by atoms with Crippen LogP contribution in [0.5, 0.6) is 5.75 Å². The summed E-state index contributed by atoms with van der Waals surface area (Å²) in [5.41, 5.74) is 1.60. The van der Waals surface area contributed by atoms with Crippen LogP contribution in [-0.4, -0.2) is 29.5 Å². The van der Waals surface area contributed by atoms with Crippen LogP contribution in [0, 0.1) is 5.92 Å². The zero-order valence-corrected chi connectivity index (χ0v) is 12.9. The molecule has 116 valence electrons. The molecule has 1 aromatic rings. The molecule has 4 rings (SSSR count).